The topological polar surface area (TPSA) is 54.0 Å². The first-order chi connectivity index (χ1) is 9.15. The number of carbonyl (C=O) groups is 1. The number of para-hydroxylation sites is 1. The van der Waals surface area contributed by atoms with Crippen molar-refractivity contribution < 1.29 is 4.79 Å². The number of thiazole rings is 1. The number of anilines is 1. The first kappa shape index (κ1) is 13.7. The van der Waals surface area contributed by atoms with Crippen LogP contribution < -0.4 is 10.6 Å². The van der Waals surface area contributed by atoms with Gasteiger partial charge in [-0.05, 0) is 26.0 Å². The molecule has 2 rings (SSSR count). The van der Waals surface area contributed by atoms with Gasteiger partial charge in [0.25, 0.3) is 0 Å². The molecule has 1 amide bonds. The second-order valence-corrected chi connectivity index (χ2v) is 5.59. The summed E-state index contributed by atoms with van der Waals surface area (Å²) in [5.41, 5.74) is 0.812. The van der Waals surface area contributed by atoms with Crippen LogP contribution in [0.15, 0.2) is 36.5 Å². The lowest BCUT2D eigenvalue weighted by molar-refractivity contribution is -0.115. The number of hydrogen-bond donors (Lipinski definition) is 2. The Morgan fingerprint density at radius 1 is 1.37 bits per heavy atom. The number of aromatic nitrogens is 1. The molecule has 0 aliphatic heterocycles. The number of rotatable bonds is 5. The third-order valence-corrected chi connectivity index (χ3v) is 3.73. The van der Waals surface area contributed by atoms with Crippen LogP contribution in [0.2, 0.25) is 0 Å². The van der Waals surface area contributed by atoms with Crippen molar-refractivity contribution >= 4 is 22.9 Å². The molecule has 19 heavy (non-hydrogen) atoms. The number of aryl methyl sites for hydroxylation is 1. The van der Waals surface area contributed by atoms with Crippen molar-refractivity contribution in [3.8, 4) is 0 Å². The Kier molecular flexibility index (Phi) is 4.65. The van der Waals surface area contributed by atoms with Gasteiger partial charge in [0.1, 0.15) is 5.01 Å². The average molecular weight is 275 g/mol. The molecular weight excluding hydrogens is 258 g/mol. The Labute approximate surface area is 116 Å². The van der Waals surface area contributed by atoms with Gasteiger partial charge in [0.05, 0.1) is 12.6 Å². The third-order valence-electron chi connectivity index (χ3n) is 2.64. The summed E-state index contributed by atoms with van der Waals surface area (Å²) in [6.45, 7) is 4.30. The van der Waals surface area contributed by atoms with Gasteiger partial charge in [-0.1, -0.05) is 18.2 Å². The second kappa shape index (κ2) is 6.45. The van der Waals surface area contributed by atoms with Crippen molar-refractivity contribution in [3.05, 3.63) is 46.4 Å². The molecule has 0 spiro atoms. The minimum absolute atomic E-state index is 0.0497. The van der Waals surface area contributed by atoms with Crippen molar-refractivity contribution in [2.45, 2.75) is 19.9 Å². The zero-order valence-electron chi connectivity index (χ0n) is 11.0. The van der Waals surface area contributed by atoms with Crippen LogP contribution in [0.1, 0.15) is 22.9 Å². The summed E-state index contributed by atoms with van der Waals surface area (Å²) >= 11 is 1.65. The molecule has 100 valence electrons. The molecule has 1 aromatic carbocycles. The lowest BCUT2D eigenvalue weighted by Gasteiger charge is -2.11. The molecule has 1 aromatic heterocycles. The summed E-state index contributed by atoms with van der Waals surface area (Å²) in [4.78, 5) is 17.2. The quantitative estimate of drug-likeness (QED) is 0.882. The number of carbonyl (C=O) groups excluding carboxylic acids is 1. The van der Waals surface area contributed by atoms with E-state index in [0.717, 1.165) is 10.7 Å². The first-order valence-corrected chi connectivity index (χ1v) is 6.97. The van der Waals surface area contributed by atoms with E-state index in [9.17, 15) is 4.79 Å². The van der Waals surface area contributed by atoms with E-state index in [1.807, 2.05) is 50.4 Å². The van der Waals surface area contributed by atoms with Crippen LogP contribution in [-0.2, 0) is 4.79 Å². The van der Waals surface area contributed by atoms with E-state index in [4.69, 9.17) is 0 Å². The van der Waals surface area contributed by atoms with Crippen molar-refractivity contribution in [2.75, 3.05) is 11.9 Å². The van der Waals surface area contributed by atoms with Crippen LogP contribution in [0, 0.1) is 6.92 Å². The fourth-order valence-electron chi connectivity index (χ4n) is 1.63. The van der Waals surface area contributed by atoms with E-state index in [0.29, 0.717) is 0 Å². The Bertz CT molecular complexity index is 539. The zero-order chi connectivity index (χ0) is 13.7. The monoisotopic (exact) mass is 275 g/mol. The number of benzene rings is 1. The van der Waals surface area contributed by atoms with Gasteiger partial charge in [0, 0.05) is 16.8 Å². The maximum atomic E-state index is 11.8. The van der Waals surface area contributed by atoms with E-state index in [1.54, 1.807) is 11.3 Å². The van der Waals surface area contributed by atoms with E-state index in [-0.39, 0.29) is 18.5 Å². The Morgan fingerprint density at radius 2 is 2.11 bits per heavy atom. The number of hydrogen-bond acceptors (Lipinski definition) is 4. The highest BCUT2D eigenvalue weighted by molar-refractivity contribution is 7.11. The predicted octanol–water partition coefficient (Wildman–Crippen LogP) is 2.74. The van der Waals surface area contributed by atoms with Crippen molar-refractivity contribution in [3.63, 3.8) is 0 Å². The average Bonchev–Trinajstić information content (AvgIpc) is 2.84. The summed E-state index contributed by atoms with van der Waals surface area (Å²) in [7, 11) is 0. The van der Waals surface area contributed by atoms with Gasteiger partial charge in [-0.15, -0.1) is 11.3 Å². The molecule has 0 aliphatic rings. The molecule has 0 radical (unpaired) electrons. The molecule has 0 bridgehead atoms. The van der Waals surface area contributed by atoms with Gasteiger partial charge in [-0.2, -0.15) is 0 Å². The highest BCUT2D eigenvalue weighted by atomic mass is 32.1. The molecule has 1 unspecified atom stereocenters. The minimum Gasteiger partial charge on any atom is -0.325 e. The molecule has 4 nitrogen and oxygen atoms in total. The molecule has 0 saturated heterocycles. The molecular formula is C14H17N3OS. The smallest absolute Gasteiger partial charge is 0.238 e. The summed E-state index contributed by atoms with van der Waals surface area (Å²) in [5.74, 6) is -0.0497. The van der Waals surface area contributed by atoms with Crippen molar-refractivity contribution in [2.24, 2.45) is 0 Å². The summed E-state index contributed by atoms with van der Waals surface area (Å²) < 4.78 is 0. The molecule has 2 aromatic rings. The van der Waals surface area contributed by atoms with Gasteiger partial charge in [0.15, 0.2) is 0 Å². The highest BCUT2D eigenvalue weighted by Crippen LogP contribution is 2.18. The first-order valence-electron chi connectivity index (χ1n) is 6.16. The number of nitrogens with zero attached hydrogens (tertiary/aromatic N) is 1. The fourth-order valence-corrected chi connectivity index (χ4v) is 2.43. The minimum atomic E-state index is -0.0497. The fraction of sp³-hybridized carbons (Fsp3) is 0.286. The van der Waals surface area contributed by atoms with E-state index < -0.39 is 0 Å². The summed E-state index contributed by atoms with van der Waals surface area (Å²) in [5, 5.41) is 7.01. The molecule has 0 aliphatic carbocycles. The number of nitrogens with one attached hydrogen (secondary N) is 2. The van der Waals surface area contributed by atoms with Crippen molar-refractivity contribution in [1.29, 1.82) is 0 Å². The van der Waals surface area contributed by atoms with Crippen LogP contribution in [-0.4, -0.2) is 17.4 Å². The van der Waals surface area contributed by atoms with Crippen LogP contribution >= 0.6 is 11.3 Å². The maximum Gasteiger partial charge on any atom is 0.238 e. The largest absolute Gasteiger partial charge is 0.325 e. The van der Waals surface area contributed by atoms with Gasteiger partial charge in [0.2, 0.25) is 5.91 Å². The molecule has 0 saturated carbocycles. The van der Waals surface area contributed by atoms with E-state index >= 15 is 0 Å². The molecule has 1 heterocycles. The summed E-state index contributed by atoms with van der Waals surface area (Å²) in [6, 6.07) is 9.52. The molecule has 2 N–H and O–H groups in total. The molecule has 1 atom stereocenters. The Morgan fingerprint density at radius 3 is 2.74 bits per heavy atom. The van der Waals surface area contributed by atoms with Crippen LogP contribution in [0.4, 0.5) is 5.69 Å². The van der Waals surface area contributed by atoms with Crippen LogP contribution in [0.25, 0.3) is 0 Å². The predicted molar refractivity (Wildman–Crippen MR) is 78.3 cm³/mol. The van der Waals surface area contributed by atoms with Gasteiger partial charge in [-0.25, -0.2) is 4.98 Å². The van der Waals surface area contributed by atoms with Gasteiger partial charge >= 0.3 is 0 Å². The SMILES string of the molecule is Cc1cnc(C(C)NCC(=O)Nc2ccccc2)s1. The maximum absolute atomic E-state index is 11.8. The lowest BCUT2D eigenvalue weighted by atomic mass is 10.3. The second-order valence-electron chi connectivity index (χ2n) is 4.33. The number of amides is 1. The third kappa shape index (κ3) is 4.15. The van der Waals surface area contributed by atoms with E-state index in [2.05, 4.69) is 15.6 Å². The van der Waals surface area contributed by atoms with Crippen LogP contribution in [0.5, 0.6) is 0 Å². The lowest BCUT2D eigenvalue weighted by Crippen LogP contribution is -2.30. The van der Waals surface area contributed by atoms with E-state index in [1.165, 1.54) is 4.88 Å². The zero-order valence-corrected chi connectivity index (χ0v) is 11.8. The highest BCUT2D eigenvalue weighted by Gasteiger charge is 2.10. The Hall–Kier alpha value is -1.72. The van der Waals surface area contributed by atoms with Crippen LogP contribution in [0.3, 0.4) is 0 Å². The molecule has 0 fully saturated rings. The van der Waals surface area contributed by atoms with Gasteiger partial charge in [-0.3, -0.25) is 10.1 Å². The Balaban J connectivity index is 1.80. The molecule has 5 heteroatoms. The summed E-state index contributed by atoms with van der Waals surface area (Å²) in [6.07, 6.45) is 1.85. The normalized spacial score (nSPS) is 12.1. The van der Waals surface area contributed by atoms with Crippen molar-refractivity contribution in [1.82, 2.24) is 10.3 Å². The standard InChI is InChI=1S/C14H17N3OS/c1-10-8-16-14(19-10)11(2)15-9-13(18)17-12-6-4-3-5-7-12/h3-8,11,15H,9H2,1-2H3,(H,17,18). The van der Waals surface area contributed by atoms with Gasteiger partial charge < -0.3 is 5.32 Å².